The number of nitrogens with zero attached hydrogens (tertiary/aromatic N) is 3. The van der Waals surface area contributed by atoms with Crippen molar-refractivity contribution in [1.29, 1.82) is 0 Å². The maximum absolute atomic E-state index is 12.9. The van der Waals surface area contributed by atoms with Crippen LogP contribution in [0, 0.1) is 0 Å². The molecule has 0 spiro atoms. The predicted octanol–water partition coefficient (Wildman–Crippen LogP) is 3.20. The number of carbonyl (C=O) groups is 1. The first-order valence-corrected chi connectivity index (χ1v) is 10.1. The standard InChI is InChI=1S/C23H25N3O3/c1-25(15-16-29-18-7-3-2-4-8-18)22(27)14-13-21-24-20-10-6-5-9-19(20)23(28)26(21)17-11-12-17/h2-10,17H,11-16H2,1H3. The van der Waals surface area contributed by atoms with Crippen molar-refractivity contribution >= 4 is 16.8 Å². The van der Waals surface area contributed by atoms with Crippen molar-refractivity contribution in [2.45, 2.75) is 31.7 Å². The van der Waals surface area contributed by atoms with E-state index in [2.05, 4.69) is 0 Å². The number of likely N-dealkylation sites (N-methyl/N-ethyl adjacent to an activating group) is 1. The van der Waals surface area contributed by atoms with Crippen molar-refractivity contribution in [2.24, 2.45) is 0 Å². The second-order valence-corrected chi connectivity index (χ2v) is 7.43. The summed E-state index contributed by atoms with van der Waals surface area (Å²) in [5.74, 6) is 1.52. The SMILES string of the molecule is CN(CCOc1ccccc1)C(=O)CCc1nc2ccccc2c(=O)n1C1CC1. The smallest absolute Gasteiger partial charge is 0.261 e. The molecule has 1 fully saturated rings. The highest BCUT2D eigenvalue weighted by atomic mass is 16.5. The van der Waals surface area contributed by atoms with Crippen LogP contribution < -0.4 is 10.3 Å². The lowest BCUT2D eigenvalue weighted by Gasteiger charge is -2.18. The maximum atomic E-state index is 12.9. The minimum Gasteiger partial charge on any atom is -0.492 e. The molecule has 0 bridgehead atoms. The molecule has 0 N–H and O–H groups in total. The number of rotatable bonds is 8. The van der Waals surface area contributed by atoms with Crippen LogP contribution in [0.3, 0.4) is 0 Å². The van der Waals surface area contributed by atoms with Crippen molar-refractivity contribution < 1.29 is 9.53 Å². The number of benzene rings is 2. The van der Waals surface area contributed by atoms with Crippen LogP contribution in [0.25, 0.3) is 10.9 Å². The van der Waals surface area contributed by atoms with E-state index in [9.17, 15) is 9.59 Å². The average Bonchev–Trinajstić information content (AvgIpc) is 3.58. The number of hydrogen-bond acceptors (Lipinski definition) is 4. The molecule has 6 nitrogen and oxygen atoms in total. The first-order chi connectivity index (χ1) is 14.1. The molecule has 1 aliphatic rings. The molecule has 29 heavy (non-hydrogen) atoms. The molecule has 3 aromatic rings. The van der Waals surface area contributed by atoms with Gasteiger partial charge in [-0.05, 0) is 37.1 Å². The molecule has 1 saturated carbocycles. The van der Waals surface area contributed by atoms with Crippen LogP contribution in [0.2, 0.25) is 0 Å². The Balaban J connectivity index is 1.39. The van der Waals surface area contributed by atoms with Crippen LogP contribution >= 0.6 is 0 Å². The fourth-order valence-electron chi connectivity index (χ4n) is 3.43. The van der Waals surface area contributed by atoms with Gasteiger partial charge < -0.3 is 9.64 Å². The Kier molecular flexibility index (Phi) is 5.60. The molecule has 0 aliphatic heterocycles. The summed E-state index contributed by atoms with van der Waals surface area (Å²) in [6, 6.07) is 17.2. The molecule has 1 aliphatic carbocycles. The molecule has 1 amide bonds. The maximum Gasteiger partial charge on any atom is 0.261 e. The van der Waals surface area contributed by atoms with E-state index in [0.717, 1.165) is 18.6 Å². The molecule has 0 saturated heterocycles. The summed E-state index contributed by atoms with van der Waals surface area (Å²) in [5, 5.41) is 0.643. The minimum atomic E-state index is 0.00478. The van der Waals surface area contributed by atoms with Gasteiger partial charge >= 0.3 is 0 Å². The zero-order valence-corrected chi connectivity index (χ0v) is 16.6. The number of aryl methyl sites for hydroxylation is 1. The van der Waals surface area contributed by atoms with Gasteiger partial charge in [0, 0.05) is 25.9 Å². The van der Waals surface area contributed by atoms with Gasteiger partial charge in [0.25, 0.3) is 5.56 Å². The van der Waals surface area contributed by atoms with Crippen molar-refractivity contribution in [3.63, 3.8) is 0 Å². The third-order valence-electron chi connectivity index (χ3n) is 5.22. The monoisotopic (exact) mass is 391 g/mol. The van der Waals surface area contributed by atoms with Gasteiger partial charge in [-0.25, -0.2) is 4.98 Å². The van der Waals surface area contributed by atoms with Crippen LogP contribution in [-0.4, -0.2) is 40.6 Å². The quantitative estimate of drug-likeness (QED) is 0.592. The lowest BCUT2D eigenvalue weighted by molar-refractivity contribution is -0.130. The molecule has 0 radical (unpaired) electrons. The normalized spacial score (nSPS) is 13.4. The van der Waals surface area contributed by atoms with E-state index >= 15 is 0 Å². The number of ether oxygens (including phenoxy) is 1. The zero-order chi connectivity index (χ0) is 20.2. The first-order valence-electron chi connectivity index (χ1n) is 10.1. The summed E-state index contributed by atoms with van der Waals surface area (Å²) in [7, 11) is 1.78. The second-order valence-electron chi connectivity index (χ2n) is 7.43. The van der Waals surface area contributed by atoms with Crippen molar-refractivity contribution in [1.82, 2.24) is 14.5 Å². The Labute approximate surface area is 169 Å². The third-order valence-corrected chi connectivity index (χ3v) is 5.22. The number of aromatic nitrogens is 2. The number of amides is 1. The Bertz CT molecular complexity index is 1060. The summed E-state index contributed by atoms with van der Waals surface area (Å²) in [5.41, 5.74) is 0.701. The molecule has 150 valence electrons. The van der Waals surface area contributed by atoms with Gasteiger partial charge in [0.05, 0.1) is 17.4 Å². The Morgan fingerprint density at radius 2 is 1.86 bits per heavy atom. The highest BCUT2D eigenvalue weighted by molar-refractivity contribution is 5.78. The number of para-hydroxylation sites is 2. The van der Waals surface area contributed by atoms with Crippen molar-refractivity contribution in [3.05, 3.63) is 70.8 Å². The molecule has 0 atom stereocenters. The van der Waals surface area contributed by atoms with E-state index in [0.29, 0.717) is 42.7 Å². The van der Waals surface area contributed by atoms with Crippen LogP contribution in [-0.2, 0) is 11.2 Å². The summed E-state index contributed by atoms with van der Waals surface area (Å²) in [6.45, 7) is 0.946. The van der Waals surface area contributed by atoms with Gasteiger partial charge in [0.2, 0.25) is 5.91 Å². The summed E-state index contributed by atoms with van der Waals surface area (Å²) < 4.78 is 7.46. The largest absolute Gasteiger partial charge is 0.492 e. The number of fused-ring (bicyclic) bond motifs is 1. The van der Waals surface area contributed by atoms with Gasteiger partial charge in [-0.1, -0.05) is 30.3 Å². The molecule has 2 aromatic carbocycles. The molecule has 1 aromatic heterocycles. The highest BCUT2D eigenvalue weighted by Crippen LogP contribution is 2.34. The fraction of sp³-hybridized carbons (Fsp3) is 0.348. The summed E-state index contributed by atoms with van der Waals surface area (Å²) >= 11 is 0. The van der Waals surface area contributed by atoms with E-state index in [1.807, 2.05) is 54.6 Å². The number of hydrogen-bond donors (Lipinski definition) is 0. The van der Waals surface area contributed by atoms with E-state index in [4.69, 9.17) is 9.72 Å². The molecular weight excluding hydrogens is 366 g/mol. The van der Waals surface area contributed by atoms with Crippen molar-refractivity contribution in [3.8, 4) is 5.75 Å². The van der Waals surface area contributed by atoms with Crippen LogP contribution in [0.4, 0.5) is 0 Å². The zero-order valence-electron chi connectivity index (χ0n) is 16.6. The van der Waals surface area contributed by atoms with Crippen LogP contribution in [0.1, 0.15) is 31.1 Å². The van der Waals surface area contributed by atoms with Gasteiger partial charge in [0.1, 0.15) is 18.2 Å². The molecule has 4 rings (SSSR count). The second kappa shape index (κ2) is 8.47. The first kappa shape index (κ1) is 19.2. The lowest BCUT2D eigenvalue weighted by atomic mass is 10.2. The topological polar surface area (TPSA) is 64.4 Å². The summed E-state index contributed by atoms with van der Waals surface area (Å²) in [4.78, 5) is 31.8. The van der Waals surface area contributed by atoms with Crippen molar-refractivity contribution in [2.75, 3.05) is 20.2 Å². The molecule has 1 heterocycles. The highest BCUT2D eigenvalue weighted by Gasteiger charge is 2.28. The van der Waals surface area contributed by atoms with Gasteiger partial charge in [-0.15, -0.1) is 0 Å². The van der Waals surface area contributed by atoms with Gasteiger partial charge in [-0.3, -0.25) is 14.2 Å². The van der Waals surface area contributed by atoms with E-state index in [1.165, 1.54) is 0 Å². The third kappa shape index (κ3) is 4.47. The van der Waals surface area contributed by atoms with Gasteiger partial charge in [0.15, 0.2) is 0 Å². The van der Waals surface area contributed by atoms with E-state index in [1.54, 1.807) is 16.5 Å². The molecular formula is C23H25N3O3. The predicted molar refractivity (Wildman–Crippen MR) is 112 cm³/mol. The Hall–Kier alpha value is -3.15. The van der Waals surface area contributed by atoms with Crippen LogP contribution in [0.5, 0.6) is 5.75 Å². The van der Waals surface area contributed by atoms with Crippen LogP contribution in [0.15, 0.2) is 59.4 Å². The Morgan fingerprint density at radius 1 is 1.14 bits per heavy atom. The van der Waals surface area contributed by atoms with Gasteiger partial charge in [-0.2, -0.15) is 0 Å². The average molecular weight is 391 g/mol. The van der Waals surface area contributed by atoms with E-state index in [-0.39, 0.29) is 17.5 Å². The fourth-order valence-corrected chi connectivity index (χ4v) is 3.43. The minimum absolute atomic E-state index is 0.00478. The van der Waals surface area contributed by atoms with E-state index < -0.39 is 0 Å². The Morgan fingerprint density at radius 3 is 2.62 bits per heavy atom. The number of carbonyl (C=O) groups excluding carboxylic acids is 1. The molecule has 0 unspecified atom stereocenters. The molecule has 6 heteroatoms. The lowest BCUT2D eigenvalue weighted by Crippen LogP contribution is -2.32. The summed E-state index contributed by atoms with van der Waals surface area (Å²) in [6.07, 6.45) is 2.77.